The fraction of sp³-hybridized carbons (Fsp3) is 0.222. The van der Waals surface area contributed by atoms with Gasteiger partial charge in [-0.3, -0.25) is 10.1 Å². The Kier molecular flexibility index (Phi) is 7.24. The predicted molar refractivity (Wildman–Crippen MR) is 96.0 cm³/mol. The molecule has 1 aromatic carbocycles. The molecule has 2 rings (SSSR count). The van der Waals surface area contributed by atoms with Gasteiger partial charge < -0.3 is 15.4 Å². The molecule has 8 nitrogen and oxygen atoms in total. The molecule has 0 saturated heterocycles. The van der Waals surface area contributed by atoms with Crippen LogP contribution in [0.15, 0.2) is 42.6 Å². The molecule has 2 aromatic rings. The number of esters is 1. The highest BCUT2D eigenvalue weighted by Crippen LogP contribution is 2.19. The summed E-state index contributed by atoms with van der Waals surface area (Å²) in [6.45, 7) is 1.66. The van der Waals surface area contributed by atoms with Crippen LogP contribution in [0.1, 0.15) is 23.7 Å². The number of aromatic nitrogens is 1. The lowest BCUT2D eigenvalue weighted by molar-refractivity contribution is -0.123. The van der Waals surface area contributed by atoms with Crippen molar-refractivity contribution in [1.29, 1.82) is 0 Å². The molecule has 27 heavy (non-hydrogen) atoms. The number of hydrogen-bond acceptors (Lipinski definition) is 6. The molecule has 0 fully saturated rings. The zero-order valence-electron chi connectivity index (χ0n) is 14.6. The molecule has 0 unspecified atom stereocenters. The third-order valence-electron chi connectivity index (χ3n) is 3.24. The van der Waals surface area contributed by atoms with E-state index in [0.29, 0.717) is 12.2 Å². The van der Waals surface area contributed by atoms with Crippen molar-refractivity contribution >= 4 is 29.4 Å². The van der Waals surface area contributed by atoms with Crippen molar-refractivity contribution in [3.63, 3.8) is 0 Å². The molecule has 142 valence electrons. The summed E-state index contributed by atoms with van der Waals surface area (Å²) in [5.41, 5.74) is 0.457. The number of ether oxygens (including phenoxy) is 1. The first-order valence-corrected chi connectivity index (χ1v) is 8.22. The molecule has 0 radical (unpaired) electrons. The van der Waals surface area contributed by atoms with Crippen molar-refractivity contribution in [3.8, 4) is 0 Å². The zero-order chi connectivity index (χ0) is 19.6. The number of urea groups is 1. The standard InChI is InChI=1S/C18H19FN4O4/c1-2-8-21-18(26)23-15(24)11-27-17(25)14-7-4-9-20-16(14)22-13-6-3-5-12(19)10-13/h3-7,9-10H,2,8,11H2,1H3,(H,20,22)(H2,21,23,24,26). The van der Waals surface area contributed by atoms with Crippen LogP contribution in [0.4, 0.5) is 20.7 Å². The number of carbonyl (C=O) groups is 3. The molecule has 0 atom stereocenters. The average Bonchev–Trinajstić information content (AvgIpc) is 2.65. The molecular formula is C18H19FN4O4. The Bertz CT molecular complexity index is 829. The van der Waals surface area contributed by atoms with E-state index in [9.17, 15) is 18.8 Å². The van der Waals surface area contributed by atoms with Crippen LogP contribution in [0, 0.1) is 5.82 Å². The summed E-state index contributed by atoms with van der Waals surface area (Å²) in [5.74, 6) is -1.88. The first-order chi connectivity index (χ1) is 13.0. The monoisotopic (exact) mass is 374 g/mol. The van der Waals surface area contributed by atoms with Crippen LogP contribution in [0.25, 0.3) is 0 Å². The van der Waals surface area contributed by atoms with Crippen molar-refractivity contribution in [1.82, 2.24) is 15.6 Å². The lowest BCUT2D eigenvalue weighted by atomic mass is 10.2. The quantitative estimate of drug-likeness (QED) is 0.642. The van der Waals surface area contributed by atoms with E-state index in [4.69, 9.17) is 4.74 Å². The number of nitrogens with zero attached hydrogens (tertiary/aromatic N) is 1. The smallest absolute Gasteiger partial charge is 0.342 e. The second-order valence-corrected chi connectivity index (χ2v) is 5.42. The number of amides is 3. The molecule has 0 aliphatic rings. The van der Waals surface area contributed by atoms with Crippen LogP contribution >= 0.6 is 0 Å². The Labute approximate surface area is 155 Å². The van der Waals surface area contributed by atoms with E-state index in [1.54, 1.807) is 6.07 Å². The molecule has 0 bridgehead atoms. The number of imide groups is 1. The first-order valence-electron chi connectivity index (χ1n) is 8.22. The Balaban J connectivity index is 1.96. The number of benzene rings is 1. The van der Waals surface area contributed by atoms with Crippen molar-refractivity contribution in [3.05, 3.63) is 54.0 Å². The molecule has 3 N–H and O–H groups in total. The number of pyridine rings is 1. The van der Waals surface area contributed by atoms with Gasteiger partial charge in [-0.15, -0.1) is 0 Å². The van der Waals surface area contributed by atoms with E-state index in [2.05, 4.69) is 15.6 Å². The fourth-order valence-electron chi connectivity index (χ4n) is 2.03. The number of halogens is 1. The van der Waals surface area contributed by atoms with Crippen molar-refractivity contribution in [2.45, 2.75) is 13.3 Å². The summed E-state index contributed by atoms with van der Waals surface area (Å²) in [4.78, 5) is 39.3. The van der Waals surface area contributed by atoms with Gasteiger partial charge in [-0.25, -0.2) is 19.0 Å². The van der Waals surface area contributed by atoms with Gasteiger partial charge >= 0.3 is 12.0 Å². The van der Waals surface area contributed by atoms with E-state index in [-0.39, 0.29) is 11.4 Å². The van der Waals surface area contributed by atoms with E-state index in [1.165, 1.54) is 36.5 Å². The third kappa shape index (κ3) is 6.38. The Morgan fingerprint density at radius 1 is 1.19 bits per heavy atom. The molecule has 1 heterocycles. The van der Waals surface area contributed by atoms with E-state index < -0.39 is 30.3 Å². The van der Waals surface area contributed by atoms with E-state index in [1.807, 2.05) is 12.2 Å². The molecule has 0 saturated carbocycles. The lowest BCUT2D eigenvalue weighted by Crippen LogP contribution is -2.41. The van der Waals surface area contributed by atoms with Crippen LogP contribution in [0.5, 0.6) is 0 Å². The van der Waals surface area contributed by atoms with Gasteiger partial charge in [-0.05, 0) is 36.8 Å². The van der Waals surface area contributed by atoms with Crippen LogP contribution < -0.4 is 16.0 Å². The summed E-state index contributed by atoms with van der Waals surface area (Å²) in [6, 6.07) is 7.95. The van der Waals surface area contributed by atoms with Gasteiger partial charge in [0.25, 0.3) is 5.91 Å². The fourth-order valence-corrected chi connectivity index (χ4v) is 2.03. The van der Waals surface area contributed by atoms with Gasteiger partial charge in [0.05, 0.1) is 0 Å². The normalized spacial score (nSPS) is 10.0. The number of hydrogen-bond donors (Lipinski definition) is 3. The van der Waals surface area contributed by atoms with Gasteiger partial charge in [-0.2, -0.15) is 0 Å². The minimum Gasteiger partial charge on any atom is -0.452 e. The summed E-state index contributed by atoms with van der Waals surface area (Å²) in [6.07, 6.45) is 2.17. The highest BCUT2D eigenvalue weighted by Gasteiger charge is 2.16. The molecule has 9 heteroatoms. The molecule has 0 spiro atoms. The van der Waals surface area contributed by atoms with E-state index in [0.717, 1.165) is 6.42 Å². The highest BCUT2D eigenvalue weighted by atomic mass is 19.1. The van der Waals surface area contributed by atoms with Gasteiger partial charge in [-0.1, -0.05) is 13.0 Å². The number of rotatable bonds is 7. The van der Waals surface area contributed by atoms with Crippen LogP contribution in [-0.2, 0) is 9.53 Å². The van der Waals surface area contributed by atoms with Crippen LogP contribution in [0.3, 0.4) is 0 Å². The Hall–Kier alpha value is -3.49. The van der Waals surface area contributed by atoms with E-state index >= 15 is 0 Å². The maximum absolute atomic E-state index is 13.3. The van der Waals surface area contributed by atoms with Gasteiger partial charge in [0, 0.05) is 18.4 Å². The topological polar surface area (TPSA) is 109 Å². The largest absolute Gasteiger partial charge is 0.452 e. The maximum atomic E-state index is 13.3. The minimum absolute atomic E-state index is 0.0602. The van der Waals surface area contributed by atoms with Crippen LogP contribution in [-0.4, -0.2) is 36.0 Å². The average molecular weight is 374 g/mol. The number of nitrogens with one attached hydrogen (secondary N) is 3. The molecular weight excluding hydrogens is 355 g/mol. The molecule has 3 amide bonds. The highest BCUT2D eigenvalue weighted by molar-refractivity contribution is 5.98. The van der Waals surface area contributed by atoms with Crippen molar-refractivity contribution in [2.75, 3.05) is 18.5 Å². The summed E-state index contributed by atoms with van der Waals surface area (Å²) in [7, 11) is 0. The van der Waals surface area contributed by atoms with Gasteiger partial charge in [0.2, 0.25) is 0 Å². The first kappa shape index (κ1) is 19.8. The van der Waals surface area contributed by atoms with Crippen molar-refractivity contribution in [2.24, 2.45) is 0 Å². The molecule has 1 aromatic heterocycles. The third-order valence-corrected chi connectivity index (χ3v) is 3.24. The second-order valence-electron chi connectivity index (χ2n) is 5.42. The summed E-state index contributed by atoms with van der Waals surface area (Å²) >= 11 is 0. The Morgan fingerprint density at radius 2 is 2.00 bits per heavy atom. The Morgan fingerprint density at radius 3 is 2.74 bits per heavy atom. The number of anilines is 2. The molecule has 0 aliphatic heterocycles. The number of carbonyl (C=O) groups excluding carboxylic acids is 3. The minimum atomic E-state index is -0.814. The van der Waals surface area contributed by atoms with Crippen molar-refractivity contribution < 1.29 is 23.5 Å². The molecule has 0 aliphatic carbocycles. The lowest BCUT2D eigenvalue weighted by Gasteiger charge is -2.11. The van der Waals surface area contributed by atoms with Gasteiger partial charge in [0.1, 0.15) is 17.2 Å². The van der Waals surface area contributed by atoms with Gasteiger partial charge in [0.15, 0.2) is 6.61 Å². The SMILES string of the molecule is CCCNC(=O)NC(=O)COC(=O)c1cccnc1Nc1cccc(F)c1. The predicted octanol–water partition coefficient (Wildman–Crippen LogP) is 2.36. The maximum Gasteiger partial charge on any atom is 0.342 e. The summed E-state index contributed by atoms with van der Waals surface area (Å²) in [5, 5.41) is 7.33. The van der Waals surface area contributed by atoms with Crippen LogP contribution in [0.2, 0.25) is 0 Å². The zero-order valence-corrected chi connectivity index (χ0v) is 14.6. The summed E-state index contributed by atoms with van der Waals surface area (Å²) < 4.78 is 18.2. The second kappa shape index (κ2) is 9.85.